The monoisotopic (exact) mass is 273 g/mol. The molecule has 1 N–H and O–H groups in total. The van der Waals surface area contributed by atoms with E-state index in [2.05, 4.69) is 0 Å². The topological polar surface area (TPSA) is 72.4 Å². The predicted octanol–water partition coefficient (Wildman–Crippen LogP) is 1.98. The van der Waals surface area contributed by atoms with Gasteiger partial charge in [-0.05, 0) is 37.8 Å². The maximum atomic E-state index is 12.0. The number of pyridine rings is 1. The maximum Gasteiger partial charge on any atom is 0.372 e. The van der Waals surface area contributed by atoms with Crippen LogP contribution >= 0.6 is 0 Å². The first-order valence-electron chi connectivity index (χ1n) is 6.60. The summed E-state index contributed by atoms with van der Waals surface area (Å²) in [6, 6.07) is 5.14. The molecule has 0 fully saturated rings. The summed E-state index contributed by atoms with van der Waals surface area (Å²) in [7, 11) is 0. The molecule has 5 nitrogen and oxygen atoms in total. The number of carbonyl (C=O) groups is 1. The van der Waals surface area contributed by atoms with Gasteiger partial charge in [-0.1, -0.05) is 6.07 Å². The Kier molecular flexibility index (Phi) is 2.97. The molecule has 0 atom stereocenters. The molecular weight excluding hydrogens is 258 g/mol. The molecule has 20 heavy (non-hydrogen) atoms. The van der Waals surface area contributed by atoms with Gasteiger partial charge in [-0.25, -0.2) is 4.79 Å². The van der Waals surface area contributed by atoms with Gasteiger partial charge in [0.15, 0.2) is 0 Å². The smallest absolute Gasteiger partial charge is 0.372 e. The van der Waals surface area contributed by atoms with E-state index < -0.39 is 5.97 Å². The van der Waals surface area contributed by atoms with Gasteiger partial charge in [0.25, 0.3) is 5.56 Å². The third-order valence-electron chi connectivity index (χ3n) is 3.73. The molecule has 0 bridgehead atoms. The molecule has 0 unspecified atom stereocenters. The fourth-order valence-electron chi connectivity index (χ4n) is 2.80. The van der Waals surface area contributed by atoms with Crippen LogP contribution in [0.4, 0.5) is 0 Å². The van der Waals surface area contributed by atoms with Crippen LogP contribution in [0.2, 0.25) is 0 Å². The molecular formula is C15H15NO4. The van der Waals surface area contributed by atoms with Gasteiger partial charge in [-0.15, -0.1) is 0 Å². The Morgan fingerprint density at radius 1 is 1.40 bits per heavy atom. The summed E-state index contributed by atoms with van der Waals surface area (Å²) < 4.78 is 7.02. The molecule has 0 aliphatic heterocycles. The van der Waals surface area contributed by atoms with E-state index in [-0.39, 0.29) is 17.9 Å². The second-order valence-corrected chi connectivity index (χ2v) is 5.11. The summed E-state index contributed by atoms with van der Waals surface area (Å²) >= 11 is 0. The lowest BCUT2D eigenvalue weighted by Gasteiger charge is -2.10. The summed E-state index contributed by atoms with van der Waals surface area (Å²) in [5.74, 6) is -0.637. The number of hydrogen-bond acceptors (Lipinski definition) is 3. The second-order valence-electron chi connectivity index (χ2n) is 5.11. The molecule has 0 amide bonds. The van der Waals surface area contributed by atoms with E-state index in [4.69, 9.17) is 9.52 Å². The number of nitrogens with zero attached hydrogens (tertiary/aromatic N) is 1. The van der Waals surface area contributed by atoms with Crippen LogP contribution in [-0.4, -0.2) is 15.6 Å². The number of furan rings is 1. The van der Waals surface area contributed by atoms with Gasteiger partial charge in [0.2, 0.25) is 5.76 Å². The Morgan fingerprint density at radius 2 is 2.20 bits per heavy atom. The van der Waals surface area contributed by atoms with Crippen molar-refractivity contribution in [2.75, 3.05) is 0 Å². The van der Waals surface area contributed by atoms with Gasteiger partial charge in [0.1, 0.15) is 5.76 Å². The Bertz CT molecular complexity index is 739. The van der Waals surface area contributed by atoms with E-state index in [1.54, 1.807) is 23.6 Å². The van der Waals surface area contributed by atoms with Gasteiger partial charge < -0.3 is 14.1 Å². The molecule has 0 radical (unpaired) electrons. The number of carboxylic acids is 1. The molecule has 2 aromatic heterocycles. The summed E-state index contributed by atoms with van der Waals surface area (Å²) in [5.41, 5.74) is 2.75. The third kappa shape index (κ3) is 2.05. The van der Waals surface area contributed by atoms with Crippen LogP contribution in [0.3, 0.4) is 0 Å². The third-order valence-corrected chi connectivity index (χ3v) is 3.73. The van der Waals surface area contributed by atoms with E-state index in [1.165, 1.54) is 5.56 Å². The summed E-state index contributed by atoms with van der Waals surface area (Å²) in [5, 5.41) is 8.99. The van der Waals surface area contributed by atoms with Crippen LogP contribution in [0.1, 0.15) is 39.6 Å². The van der Waals surface area contributed by atoms with Crippen LogP contribution in [-0.2, 0) is 19.4 Å². The minimum absolute atomic E-state index is 0.0550. The largest absolute Gasteiger partial charge is 0.475 e. The molecule has 0 spiro atoms. The summed E-state index contributed by atoms with van der Waals surface area (Å²) in [4.78, 5) is 23.0. The van der Waals surface area contributed by atoms with Crippen molar-refractivity contribution in [3.63, 3.8) is 0 Å². The maximum absolute atomic E-state index is 12.0. The highest BCUT2D eigenvalue weighted by molar-refractivity contribution is 5.86. The predicted molar refractivity (Wildman–Crippen MR) is 72.2 cm³/mol. The van der Waals surface area contributed by atoms with Gasteiger partial charge in [0, 0.05) is 17.3 Å². The Hall–Kier alpha value is -2.30. The van der Waals surface area contributed by atoms with Crippen molar-refractivity contribution in [3.8, 4) is 0 Å². The van der Waals surface area contributed by atoms with Crippen molar-refractivity contribution in [2.45, 2.75) is 32.7 Å². The molecule has 2 aromatic rings. The molecule has 1 aliphatic rings. The highest BCUT2D eigenvalue weighted by Crippen LogP contribution is 2.22. The normalized spacial score (nSPS) is 13.4. The number of rotatable bonds is 3. The molecule has 2 heterocycles. The molecule has 0 saturated carbocycles. The minimum Gasteiger partial charge on any atom is -0.475 e. The molecule has 1 aliphatic carbocycles. The lowest BCUT2D eigenvalue weighted by molar-refractivity contribution is 0.0659. The summed E-state index contributed by atoms with van der Waals surface area (Å²) in [6.07, 6.45) is 2.93. The highest BCUT2D eigenvalue weighted by Gasteiger charge is 2.19. The van der Waals surface area contributed by atoms with E-state index in [9.17, 15) is 9.59 Å². The Balaban J connectivity index is 2.00. The van der Waals surface area contributed by atoms with Crippen LogP contribution in [0.15, 0.2) is 27.4 Å². The van der Waals surface area contributed by atoms with Crippen molar-refractivity contribution in [1.82, 2.24) is 4.57 Å². The molecule has 5 heteroatoms. The average molecular weight is 273 g/mol. The number of carboxylic acid groups (broad SMARTS) is 1. The fourth-order valence-corrected chi connectivity index (χ4v) is 2.80. The Morgan fingerprint density at radius 3 is 2.90 bits per heavy atom. The number of aromatic nitrogens is 1. The SMILES string of the molecule is Cc1cc(Cn2c3c(ccc2=O)CCC3)oc1C(=O)O. The van der Waals surface area contributed by atoms with Crippen molar-refractivity contribution in [2.24, 2.45) is 0 Å². The quantitative estimate of drug-likeness (QED) is 0.928. The van der Waals surface area contributed by atoms with Gasteiger partial charge in [-0.2, -0.15) is 0 Å². The lowest BCUT2D eigenvalue weighted by Crippen LogP contribution is -2.23. The van der Waals surface area contributed by atoms with Crippen LogP contribution in [0.5, 0.6) is 0 Å². The average Bonchev–Trinajstić information content (AvgIpc) is 2.99. The van der Waals surface area contributed by atoms with Crippen molar-refractivity contribution >= 4 is 5.97 Å². The van der Waals surface area contributed by atoms with Crippen molar-refractivity contribution in [1.29, 1.82) is 0 Å². The lowest BCUT2D eigenvalue weighted by atomic mass is 10.2. The van der Waals surface area contributed by atoms with E-state index in [1.807, 2.05) is 6.07 Å². The highest BCUT2D eigenvalue weighted by atomic mass is 16.4. The zero-order valence-electron chi connectivity index (χ0n) is 11.2. The van der Waals surface area contributed by atoms with Crippen LogP contribution in [0, 0.1) is 6.92 Å². The first-order valence-corrected chi connectivity index (χ1v) is 6.60. The molecule has 3 rings (SSSR count). The van der Waals surface area contributed by atoms with E-state index in [0.717, 1.165) is 25.0 Å². The first kappa shape index (κ1) is 12.7. The first-order chi connectivity index (χ1) is 9.56. The summed E-state index contributed by atoms with van der Waals surface area (Å²) in [6.45, 7) is 1.98. The van der Waals surface area contributed by atoms with E-state index in [0.29, 0.717) is 11.3 Å². The Labute approximate surface area is 115 Å². The number of hydrogen-bond donors (Lipinski definition) is 1. The van der Waals surface area contributed by atoms with E-state index >= 15 is 0 Å². The zero-order chi connectivity index (χ0) is 14.3. The standard InChI is InChI=1S/C15H15NO4/c1-9-7-11(20-14(9)15(18)19)8-16-12-4-2-3-10(12)5-6-13(16)17/h5-7H,2-4,8H2,1H3,(H,18,19). The molecule has 0 aromatic carbocycles. The minimum atomic E-state index is -1.08. The van der Waals surface area contributed by atoms with Crippen molar-refractivity contribution in [3.05, 3.63) is 56.9 Å². The fraction of sp³-hybridized carbons (Fsp3) is 0.333. The van der Waals surface area contributed by atoms with Gasteiger partial charge in [0.05, 0.1) is 6.54 Å². The number of fused-ring (bicyclic) bond motifs is 1. The zero-order valence-corrected chi connectivity index (χ0v) is 11.2. The molecule has 104 valence electrons. The number of aryl methyl sites for hydroxylation is 2. The van der Waals surface area contributed by atoms with Gasteiger partial charge >= 0.3 is 5.97 Å². The molecule has 0 saturated heterocycles. The van der Waals surface area contributed by atoms with Crippen LogP contribution < -0.4 is 5.56 Å². The van der Waals surface area contributed by atoms with Gasteiger partial charge in [-0.3, -0.25) is 4.79 Å². The second kappa shape index (κ2) is 4.67. The number of aromatic carboxylic acids is 1. The van der Waals surface area contributed by atoms with Crippen LogP contribution in [0.25, 0.3) is 0 Å². The van der Waals surface area contributed by atoms with Crippen molar-refractivity contribution < 1.29 is 14.3 Å².